The summed E-state index contributed by atoms with van der Waals surface area (Å²) < 4.78 is 0. The Hall–Kier alpha value is -1.77. The molecule has 0 aliphatic heterocycles. The number of aryl methyl sites for hydroxylation is 1. The largest absolute Gasteiger partial charge is 0.322 e. The molecule has 0 spiro atoms. The van der Waals surface area contributed by atoms with Crippen molar-refractivity contribution in [3.05, 3.63) is 69.7 Å². The Balaban J connectivity index is 2.05. The van der Waals surface area contributed by atoms with Crippen LogP contribution in [0.25, 0.3) is 6.08 Å². The Morgan fingerprint density at radius 2 is 1.85 bits per heavy atom. The zero-order valence-electron chi connectivity index (χ0n) is 10.9. The number of carbonyl (C=O) groups is 1. The van der Waals surface area contributed by atoms with Gasteiger partial charge in [0.2, 0.25) is 5.91 Å². The summed E-state index contributed by atoms with van der Waals surface area (Å²) in [5.41, 5.74) is 2.54. The van der Waals surface area contributed by atoms with Crippen molar-refractivity contribution in [2.75, 3.05) is 5.32 Å². The van der Waals surface area contributed by atoms with E-state index in [1.165, 1.54) is 6.08 Å². The first-order valence-corrected chi connectivity index (χ1v) is 6.81. The van der Waals surface area contributed by atoms with Crippen LogP contribution < -0.4 is 5.32 Å². The number of carbonyl (C=O) groups excluding carboxylic acids is 1. The number of halogens is 2. The molecule has 0 aromatic heterocycles. The smallest absolute Gasteiger partial charge is 0.248 e. The van der Waals surface area contributed by atoms with Crippen LogP contribution in [-0.2, 0) is 4.79 Å². The first kappa shape index (κ1) is 14.6. The van der Waals surface area contributed by atoms with Crippen molar-refractivity contribution >= 4 is 40.9 Å². The van der Waals surface area contributed by atoms with Crippen LogP contribution in [0.5, 0.6) is 0 Å². The standard InChI is InChI=1S/C16H13Cl2NO/c1-11-9-14(18)6-7-15(11)19-16(20)8-5-12-3-2-4-13(17)10-12/h2-10H,1H3,(H,19,20)/b8-5+. The van der Waals surface area contributed by atoms with Crippen LogP contribution >= 0.6 is 23.2 Å². The highest BCUT2D eigenvalue weighted by Gasteiger charge is 2.02. The van der Waals surface area contributed by atoms with Gasteiger partial charge < -0.3 is 5.32 Å². The third kappa shape index (κ3) is 4.12. The molecule has 0 unspecified atom stereocenters. The number of nitrogens with one attached hydrogen (secondary N) is 1. The average molecular weight is 306 g/mol. The molecule has 0 saturated carbocycles. The maximum Gasteiger partial charge on any atom is 0.248 e. The minimum Gasteiger partial charge on any atom is -0.322 e. The van der Waals surface area contributed by atoms with Crippen molar-refractivity contribution in [1.82, 2.24) is 0 Å². The second-order valence-electron chi connectivity index (χ2n) is 4.34. The first-order valence-electron chi connectivity index (χ1n) is 6.05. The number of hydrogen-bond donors (Lipinski definition) is 1. The van der Waals surface area contributed by atoms with E-state index in [0.717, 1.165) is 16.8 Å². The predicted molar refractivity (Wildman–Crippen MR) is 85.3 cm³/mol. The van der Waals surface area contributed by atoms with Gasteiger partial charge in [0.15, 0.2) is 0 Å². The van der Waals surface area contributed by atoms with Crippen LogP contribution in [0, 0.1) is 6.92 Å². The molecule has 2 rings (SSSR count). The summed E-state index contributed by atoms with van der Waals surface area (Å²) in [5.74, 6) is -0.199. The van der Waals surface area contributed by atoms with E-state index in [9.17, 15) is 4.79 Å². The molecule has 0 saturated heterocycles. The number of hydrogen-bond acceptors (Lipinski definition) is 1. The lowest BCUT2D eigenvalue weighted by Gasteiger charge is -2.06. The lowest BCUT2D eigenvalue weighted by Crippen LogP contribution is -2.08. The zero-order valence-corrected chi connectivity index (χ0v) is 12.4. The van der Waals surface area contributed by atoms with Crippen LogP contribution in [0.3, 0.4) is 0 Å². The summed E-state index contributed by atoms with van der Waals surface area (Å²) in [4.78, 5) is 11.8. The van der Waals surface area contributed by atoms with E-state index in [0.29, 0.717) is 10.0 Å². The molecule has 0 atom stereocenters. The van der Waals surface area contributed by atoms with E-state index in [2.05, 4.69) is 5.32 Å². The summed E-state index contributed by atoms with van der Waals surface area (Å²) in [6.07, 6.45) is 3.19. The Morgan fingerprint density at radius 3 is 2.55 bits per heavy atom. The van der Waals surface area contributed by atoms with Crippen molar-refractivity contribution < 1.29 is 4.79 Å². The monoisotopic (exact) mass is 305 g/mol. The minimum atomic E-state index is -0.199. The van der Waals surface area contributed by atoms with E-state index in [1.807, 2.05) is 19.1 Å². The van der Waals surface area contributed by atoms with Gasteiger partial charge in [-0.15, -0.1) is 0 Å². The third-order valence-electron chi connectivity index (χ3n) is 2.72. The summed E-state index contributed by atoms with van der Waals surface area (Å²) in [6.45, 7) is 1.89. The highest BCUT2D eigenvalue weighted by Crippen LogP contribution is 2.19. The summed E-state index contributed by atoms with van der Waals surface area (Å²) >= 11 is 11.7. The van der Waals surface area contributed by atoms with Crippen LogP contribution in [0.15, 0.2) is 48.5 Å². The molecule has 0 bridgehead atoms. The third-order valence-corrected chi connectivity index (χ3v) is 3.19. The second kappa shape index (κ2) is 6.60. The fraction of sp³-hybridized carbons (Fsp3) is 0.0625. The number of anilines is 1. The highest BCUT2D eigenvalue weighted by molar-refractivity contribution is 6.31. The molecule has 20 heavy (non-hydrogen) atoms. The van der Waals surface area contributed by atoms with Crippen molar-refractivity contribution in [1.29, 1.82) is 0 Å². The Morgan fingerprint density at radius 1 is 1.10 bits per heavy atom. The molecule has 0 radical (unpaired) electrons. The van der Waals surface area contributed by atoms with Crippen LogP contribution in [-0.4, -0.2) is 5.91 Å². The fourth-order valence-electron chi connectivity index (χ4n) is 1.72. The molecule has 1 amide bonds. The van der Waals surface area contributed by atoms with Crippen molar-refractivity contribution in [2.24, 2.45) is 0 Å². The highest BCUT2D eigenvalue weighted by atomic mass is 35.5. The second-order valence-corrected chi connectivity index (χ2v) is 5.21. The topological polar surface area (TPSA) is 29.1 Å². The Kier molecular flexibility index (Phi) is 4.83. The van der Waals surface area contributed by atoms with Gasteiger partial charge >= 0.3 is 0 Å². The maximum atomic E-state index is 11.8. The number of benzene rings is 2. The lowest BCUT2D eigenvalue weighted by atomic mass is 10.2. The van der Waals surface area contributed by atoms with Gasteiger partial charge in [0.25, 0.3) is 0 Å². The van der Waals surface area contributed by atoms with Gasteiger partial charge in [0.05, 0.1) is 0 Å². The molecular formula is C16H13Cl2NO. The Bertz CT molecular complexity index is 665. The number of amides is 1. The molecule has 0 aliphatic carbocycles. The first-order chi connectivity index (χ1) is 9.54. The van der Waals surface area contributed by atoms with Crippen molar-refractivity contribution in [2.45, 2.75) is 6.92 Å². The van der Waals surface area contributed by atoms with Crippen LogP contribution in [0.2, 0.25) is 10.0 Å². The molecule has 0 heterocycles. The lowest BCUT2D eigenvalue weighted by molar-refractivity contribution is -0.111. The van der Waals surface area contributed by atoms with E-state index in [4.69, 9.17) is 23.2 Å². The zero-order chi connectivity index (χ0) is 14.5. The minimum absolute atomic E-state index is 0.199. The average Bonchev–Trinajstić information content (AvgIpc) is 2.40. The van der Waals surface area contributed by atoms with E-state index >= 15 is 0 Å². The molecular weight excluding hydrogens is 293 g/mol. The number of rotatable bonds is 3. The van der Waals surface area contributed by atoms with Crippen LogP contribution in [0.4, 0.5) is 5.69 Å². The predicted octanol–water partition coefficient (Wildman–Crippen LogP) is 4.95. The van der Waals surface area contributed by atoms with Gasteiger partial charge in [-0.05, 0) is 54.5 Å². The normalized spacial score (nSPS) is 10.8. The summed E-state index contributed by atoms with van der Waals surface area (Å²) in [5, 5.41) is 4.09. The molecule has 0 aliphatic rings. The molecule has 0 fully saturated rings. The van der Waals surface area contributed by atoms with E-state index in [1.54, 1.807) is 36.4 Å². The molecule has 2 aromatic carbocycles. The van der Waals surface area contributed by atoms with Crippen molar-refractivity contribution in [3.8, 4) is 0 Å². The van der Waals surface area contributed by atoms with Crippen molar-refractivity contribution in [3.63, 3.8) is 0 Å². The van der Waals surface area contributed by atoms with Gasteiger partial charge in [-0.2, -0.15) is 0 Å². The SMILES string of the molecule is Cc1cc(Cl)ccc1NC(=O)/C=C/c1cccc(Cl)c1. The molecule has 2 aromatic rings. The summed E-state index contributed by atoms with van der Waals surface area (Å²) in [7, 11) is 0. The van der Waals surface area contributed by atoms with E-state index in [-0.39, 0.29) is 5.91 Å². The molecule has 102 valence electrons. The fourth-order valence-corrected chi connectivity index (χ4v) is 2.15. The van der Waals surface area contributed by atoms with Gasteiger partial charge in [-0.1, -0.05) is 35.3 Å². The molecule has 1 N–H and O–H groups in total. The van der Waals surface area contributed by atoms with Crippen LogP contribution in [0.1, 0.15) is 11.1 Å². The van der Waals surface area contributed by atoms with E-state index < -0.39 is 0 Å². The quantitative estimate of drug-likeness (QED) is 0.798. The van der Waals surface area contributed by atoms with Gasteiger partial charge in [0, 0.05) is 21.8 Å². The summed E-state index contributed by atoms with van der Waals surface area (Å²) in [6, 6.07) is 12.6. The molecule has 4 heteroatoms. The van der Waals surface area contributed by atoms with Gasteiger partial charge in [0.1, 0.15) is 0 Å². The molecule has 2 nitrogen and oxygen atoms in total. The van der Waals surface area contributed by atoms with Gasteiger partial charge in [-0.3, -0.25) is 4.79 Å². The van der Waals surface area contributed by atoms with Gasteiger partial charge in [-0.25, -0.2) is 0 Å². The Labute approximate surface area is 128 Å². The maximum absolute atomic E-state index is 11.8.